The summed E-state index contributed by atoms with van der Waals surface area (Å²) in [4.78, 5) is 30.3. The number of anilines is 1. The highest BCUT2D eigenvalue weighted by Crippen LogP contribution is 2.57. The van der Waals surface area contributed by atoms with Gasteiger partial charge in [0.25, 0.3) is 0 Å². The van der Waals surface area contributed by atoms with Crippen LogP contribution in [-0.2, 0) is 19.7 Å². The lowest BCUT2D eigenvalue weighted by molar-refractivity contribution is -0.123. The normalized spacial score (nSPS) is 26.6. The number of carbonyl (C=O) groups is 2. The third-order valence-electron chi connectivity index (χ3n) is 8.28. The quantitative estimate of drug-likeness (QED) is 0.406. The number of nitrogens with zero attached hydrogens (tertiary/aromatic N) is 1. The van der Waals surface area contributed by atoms with Crippen molar-refractivity contribution >= 4 is 40.7 Å². The molecule has 40 heavy (non-hydrogen) atoms. The Morgan fingerprint density at radius 2 is 1.95 bits per heavy atom. The predicted molar refractivity (Wildman–Crippen MR) is 156 cm³/mol. The first kappa shape index (κ1) is 29.3. The number of nitrogens with one attached hydrogen (secondary N) is 3. The van der Waals surface area contributed by atoms with Crippen LogP contribution in [0.1, 0.15) is 50.7 Å². The number of benzene rings is 2. The Morgan fingerprint density at radius 1 is 1.20 bits per heavy atom. The van der Waals surface area contributed by atoms with Crippen LogP contribution in [0.15, 0.2) is 36.4 Å². The Balaban J connectivity index is 1.54. The van der Waals surface area contributed by atoms with Gasteiger partial charge in [0.2, 0.25) is 11.8 Å². The van der Waals surface area contributed by atoms with Gasteiger partial charge in [-0.1, -0.05) is 62.2 Å². The van der Waals surface area contributed by atoms with Crippen molar-refractivity contribution in [3.63, 3.8) is 0 Å². The maximum atomic E-state index is 15.8. The molecule has 1 unspecified atom stereocenters. The van der Waals surface area contributed by atoms with E-state index in [0.29, 0.717) is 29.2 Å². The fraction of sp³-hybridized carbons (Fsp3) is 0.533. The predicted octanol–water partition coefficient (Wildman–Crippen LogP) is 4.72. The van der Waals surface area contributed by atoms with Gasteiger partial charge in [-0.2, -0.15) is 0 Å². The van der Waals surface area contributed by atoms with Crippen molar-refractivity contribution in [1.82, 2.24) is 15.5 Å². The molecule has 1 spiro atoms. The van der Waals surface area contributed by atoms with Gasteiger partial charge in [0.1, 0.15) is 11.2 Å². The molecule has 2 aromatic carbocycles. The number of halogens is 3. The van der Waals surface area contributed by atoms with Gasteiger partial charge in [0, 0.05) is 42.3 Å². The number of morpholine rings is 1. The standard InChI is InChI=1S/C30H37Cl2FN4O3/c1-29(2,3)17-23-30(20-9-8-18(31)16-22(20)35-28(30)39)24(19-6-4-7-21(32)25(19)33)26(36-23)27(38)34-10-5-11-37-12-14-40-15-13-37/h4,6-9,16,23-24,26,36H,5,10-15,17H2,1-3H3,(H,34,38)(H,35,39)/t23?,24-,26+,30-/m0/s1. The van der Waals surface area contributed by atoms with Crippen LogP contribution in [0, 0.1) is 11.2 Å². The fourth-order valence-electron chi connectivity index (χ4n) is 6.60. The number of amides is 2. The minimum Gasteiger partial charge on any atom is -0.379 e. The van der Waals surface area contributed by atoms with E-state index in [4.69, 9.17) is 27.9 Å². The number of rotatable bonds is 7. The van der Waals surface area contributed by atoms with Gasteiger partial charge in [-0.15, -0.1) is 0 Å². The number of hydrogen-bond acceptors (Lipinski definition) is 5. The molecule has 5 rings (SSSR count). The Labute approximate surface area is 245 Å². The van der Waals surface area contributed by atoms with Gasteiger partial charge in [-0.25, -0.2) is 4.39 Å². The minimum absolute atomic E-state index is 0.0497. The van der Waals surface area contributed by atoms with E-state index in [1.54, 1.807) is 24.3 Å². The summed E-state index contributed by atoms with van der Waals surface area (Å²) in [6, 6.07) is 8.73. The van der Waals surface area contributed by atoms with Crippen molar-refractivity contribution in [2.24, 2.45) is 5.41 Å². The molecule has 0 bridgehead atoms. The van der Waals surface area contributed by atoms with Crippen LogP contribution in [0.4, 0.5) is 10.1 Å². The summed E-state index contributed by atoms with van der Waals surface area (Å²) >= 11 is 12.6. The topological polar surface area (TPSA) is 82.7 Å². The molecule has 3 aliphatic rings. The number of hydrogen-bond donors (Lipinski definition) is 3. The second-order valence-corrected chi connectivity index (χ2v) is 13.0. The molecule has 10 heteroatoms. The molecule has 3 heterocycles. The molecule has 2 aromatic rings. The van der Waals surface area contributed by atoms with Gasteiger partial charge in [-0.3, -0.25) is 14.5 Å². The third kappa shape index (κ3) is 5.49. The third-order valence-corrected chi connectivity index (χ3v) is 8.80. The van der Waals surface area contributed by atoms with E-state index >= 15 is 4.39 Å². The molecule has 216 valence electrons. The van der Waals surface area contributed by atoms with E-state index in [2.05, 4.69) is 41.6 Å². The van der Waals surface area contributed by atoms with Crippen LogP contribution in [-0.4, -0.2) is 68.2 Å². The Bertz CT molecular complexity index is 1280. The molecule has 7 nitrogen and oxygen atoms in total. The van der Waals surface area contributed by atoms with Crippen LogP contribution >= 0.6 is 23.2 Å². The largest absolute Gasteiger partial charge is 0.379 e. The smallest absolute Gasteiger partial charge is 0.237 e. The summed E-state index contributed by atoms with van der Waals surface area (Å²) < 4.78 is 21.2. The van der Waals surface area contributed by atoms with Gasteiger partial charge in [-0.05, 0) is 54.1 Å². The lowest BCUT2D eigenvalue weighted by atomic mass is 9.62. The SMILES string of the molecule is CC(C)(C)CC1N[C@@H](C(=O)NCCCN2CCOCC2)[C@H](c2cccc(Cl)c2F)[C@@]12C(=O)Nc1cc(Cl)ccc12. The van der Waals surface area contributed by atoms with Crippen molar-refractivity contribution in [3.05, 3.63) is 63.4 Å². The van der Waals surface area contributed by atoms with E-state index in [1.165, 1.54) is 6.07 Å². The number of carbonyl (C=O) groups excluding carboxylic acids is 2. The van der Waals surface area contributed by atoms with Crippen LogP contribution in [0.2, 0.25) is 10.0 Å². The van der Waals surface area contributed by atoms with Crippen LogP contribution in [0.3, 0.4) is 0 Å². The van der Waals surface area contributed by atoms with Crippen molar-refractivity contribution in [3.8, 4) is 0 Å². The second kappa shape index (κ2) is 11.6. The van der Waals surface area contributed by atoms with E-state index in [1.807, 2.05) is 6.07 Å². The molecule has 0 aliphatic carbocycles. The minimum atomic E-state index is -1.26. The first-order valence-electron chi connectivity index (χ1n) is 13.9. The highest BCUT2D eigenvalue weighted by molar-refractivity contribution is 6.31. The molecule has 0 saturated carbocycles. The number of ether oxygens (including phenoxy) is 1. The van der Waals surface area contributed by atoms with Crippen molar-refractivity contribution < 1.29 is 18.7 Å². The molecular formula is C30H37Cl2FN4O3. The first-order chi connectivity index (χ1) is 19.0. The fourth-order valence-corrected chi connectivity index (χ4v) is 6.96. The van der Waals surface area contributed by atoms with Crippen LogP contribution in [0.25, 0.3) is 0 Å². The maximum absolute atomic E-state index is 15.8. The number of fused-ring (bicyclic) bond motifs is 2. The first-order valence-corrected chi connectivity index (χ1v) is 14.7. The van der Waals surface area contributed by atoms with Gasteiger partial charge >= 0.3 is 0 Å². The average Bonchev–Trinajstić information content (AvgIpc) is 3.37. The van der Waals surface area contributed by atoms with Crippen molar-refractivity contribution in [2.75, 3.05) is 44.7 Å². The van der Waals surface area contributed by atoms with E-state index < -0.39 is 29.2 Å². The summed E-state index contributed by atoms with van der Waals surface area (Å²) in [7, 11) is 0. The molecule has 2 fully saturated rings. The Morgan fingerprint density at radius 3 is 2.67 bits per heavy atom. The zero-order valence-electron chi connectivity index (χ0n) is 23.2. The molecule has 0 radical (unpaired) electrons. The highest BCUT2D eigenvalue weighted by atomic mass is 35.5. The summed E-state index contributed by atoms with van der Waals surface area (Å²) in [5.41, 5.74) is 0.0750. The summed E-state index contributed by atoms with van der Waals surface area (Å²) in [5, 5.41) is 10.0. The maximum Gasteiger partial charge on any atom is 0.237 e. The molecule has 0 aromatic heterocycles. The van der Waals surface area contributed by atoms with E-state index in [-0.39, 0.29) is 27.8 Å². The van der Waals surface area contributed by atoms with Gasteiger partial charge in [0.15, 0.2) is 0 Å². The summed E-state index contributed by atoms with van der Waals surface area (Å²) in [5.74, 6) is -2.01. The second-order valence-electron chi connectivity index (χ2n) is 12.2. The zero-order chi connectivity index (χ0) is 28.7. The Kier molecular flexibility index (Phi) is 8.47. The van der Waals surface area contributed by atoms with Crippen molar-refractivity contribution in [1.29, 1.82) is 0 Å². The van der Waals surface area contributed by atoms with Crippen molar-refractivity contribution in [2.45, 2.75) is 57.0 Å². The average molecular weight is 592 g/mol. The van der Waals surface area contributed by atoms with E-state index in [9.17, 15) is 9.59 Å². The van der Waals surface area contributed by atoms with Gasteiger partial charge in [0.05, 0.1) is 24.3 Å². The zero-order valence-corrected chi connectivity index (χ0v) is 24.7. The molecule has 4 atom stereocenters. The van der Waals surface area contributed by atoms with Crippen LogP contribution < -0.4 is 16.0 Å². The molecule has 2 saturated heterocycles. The van der Waals surface area contributed by atoms with E-state index in [0.717, 1.165) is 39.3 Å². The van der Waals surface area contributed by atoms with Crippen LogP contribution in [0.5, 0.6) is 0 Å². The lowest BCUT2D eigenvalue weighted by Crippen LogP contribution is -2.49. The highest BCUT2D eigenvalue weighted by Gasteiger charge is 2.66. The summed E-state index contributed by atoms with van der Waals surface area (Å²) in [6.07, 6.45) is 1.34. The molecular weight excluding hydrogens is 554 g/mol. The van der Waals surface area contributed by atoms with Gasteiger partial charge < -0.3 is 20.7 Å². The molecule has 3 N–H and O–H groups in total. The monoisotopic (exact) mass is 590 g/mol. The Hall–Kier alpha value is -2.23. The summed E-state index contributed by atoms with van der Waals surface area (Å²) in [6.45, 7) is 10.8. The lowest BCUT2D eigenvalue weighted by Gasteiger charge is -2.37. The molecule has 3 aliphatic heterocycles. The molecule has 2 amide bonds.